The van der Waals surface area contributed by atoms with Crippen LogP contribution in [0.4, 0.5) is 5.69 Å². The Hall–Kier alpha value is -2.89. The predicted octanol–water partition coefficient (Wildman–Crippen LogP) is 3.60. The van der Waals surface area contributed by atoms with Gasteiger partial charge >= 0.3 is 0 Å². The van der Waals surface area contributed by atoms with E-state index in [1.807, 2.05) is 48.2 Å². The maximum atomic E-state index is 12.5. The van der Waals surface area contributed by atoms with E-state index in [1.54, 1.807) is 7.11 Å². The molecule has 2 aromatic rings. The van der Waals surface area contributed by atoms with Gasteiger partial charge in [-0.25, -0.2) is 0 Å². The lowest BCUT2D eigenvalue weighted by Crippen LogP contribution is -2.48. The molecule has 0 N–H and O–H groups in total. The minimum atomic E-state index is 0.195. The van der Waals surface area contributed by atoms with Crippen molar-refractivity contribution in [1.82, 2.24) is 4.90 Å². The first kappa shape index (κ1) is 20.8. The van der Waals surface area contributed by atoms with Crippen LogP contribution in [0.2, 0.25) is 0 Å². The quantitative estimate of drug-likeness (QED) is 0.604. The Bertz CT molecular complexity index is 771. The summed E-state index contributed by atoms with van der Waals surface area (Å²) in [7, 11) is 1.67. The molecule has 0 radical (unpaired) electrons. The molecule has 3 rings (SSSR count). The molecule has 1 fully saturated rings. The van der Waals surface area contributed by atoms with Gasteiger partial charge in [-0.3, -0.25) is 4.79 Å². The molecule has 29 heavy (non-hydrogen) atoms. The standard InChI is InChI=1S/C23H30N2O4/c1-3-28-21-7-4-5-8-22(21)29-18-6-9-23(26)25-16-14-24(15-17-25)19-10-12-20(27-2)13-11-19/h4-5,7-8,10-13H,3,6,9,14-18H2,1-2H3. The first-order valence-corrected chi connectivity index (χ1v) is 10.2. The van der Waals surface area contributed by atoms with Gasteiger partial charge in [0.05, 0.1) is 20.3 Å². The molecule has 1 amide bonds. The summed E-state index contributed by atoms with van der Waals surface area (Å²) in [6, 6.07) is 15.7. The highest BCUT2D eigenvalue weighted by Gasteiger charge is 2.21. The van der Waals surface area contributed by atoms with Crippen molar-refractivity contribution in [2.24, 2.45) is 0 Å². The van der Waals surface area contributed by atoms with Crippen molar-refractivity contribution in [3.63, 3.8) is 0 Å². The SMILES string of the molecule is CCOc1ccccc1OCCCC(=O)N1CCN(c2ccc(OC)cc2)CC1. The summed E-state index contributed by atoms with van der Waals surface area (Å²) in [5, 5.41) is 0. The van der Waals surface area contributed by atoms with E-state index in [0.29, 0.717) is 26.1 Å². The fraction of sp³-hybridized carbons (Fsp3) is 0.435. The number of carbonyl (C=O) groups excluding carboxylic acids is 1. The summed E-state index contributed by atoms with van der Waals surface area (Å²) >= 11 is 0. The van der Waals surface area contributed by atoms with Gasteiger partial charge in [-0.15, -0.1) is 0 Å². The molecule has 0 aromatic heterocycles. The van der Waals surface area contributed by atoms with Gasteiger partial charge in [0.1, 0.15) is 5.75 Å². The second kappa shape index (κ2) is 10.6. The third kappa shape index (κ3) is 5.79. The van der Waals surface area contributed by atoms with Crippen LogP contribution < -0.4 is 19.1 Å². The van der Waals surface area contributed by atoms with Crippen LogP contribution in [-0.4, -0.2) is 57.3 Å². The Balaban J connectivity index is 1.38. The predicted molar refractivity (Wildman–Crippen MR) is 114 cm³/mol. The van der Waals surface area contributed by atoms with Crippen LogP contribution in [0.3, 0.4) is 0 Å². The average molecular weight is 399 g/mol. The van der Waals surface area contributed by atoms with E-state index in [0.717, 1.165) is 43.4 Å². The highest BCUT2D eigenvalue weighted by molar-refractivity contribution is 5.76. The number of ether oxygens (including phenoxy) is 3. The zero-order chi connectivity index (χ0) is 20.5. The van der Waals surface area contributed by atoms with Crippen molar-refractivity contribution in [1.29, 1.82) is 0 Å². The lowest BCUT2D eigenvalue weighted by atomic mass is 10.2. The largest absolute Gasteiger partial charge is 0.497 e. The van der Waals surface area contributed by atoms with Crippen molar-refractivity contribution in [2.45, 2.75) is 19.8 Å². The second-order valence-corrected chi connectivity index (χ2v) is 6.90. The molecule has 0 atom stereocenters. The highest BCUT2D eigenvalue weighted by Crippen LogP contribution is 2.26. The Labute approximate surface area is 173 Å². The molecule has 1 heterocycles. The summed E-state index contributed by atoms with van der Waals surface area (Å²) < 4.78 is 16.6. The van der Waals surface area contributed by atoms with E-state index in [9.17, 15) is 4.79 Å². The fourth-order valence-corrected chi connectivity index (χ4v) is 3.41. The molecule has 6 nitrogen and oxygen atoms in total. The first-order valence-electron chi connectivity index (χ1n) is 10.2. The lowest BCUT2D eigenvalue weighted by Gasteiger charge is -2.36. The van der Waals surface area contributed by atoms with Crippen molar-refractivity contribution in [3.8, 4) is 17.2 Å². The molecule has 2 aromatic carbocycles. The lowest BCUT2D eigenvalue weighted by molar-refractivity contribution is -0.131. The number of nitrogens with zero attached hydrogens (tertiary/aromatic N) is 2. The highest BCUT2D eigenvalue weighted by atomic mass is 16.5. The summed E-state index contributed by atoms with van der Waals surface area (Å²) in [5.41, 5.74) is 1.17. The van der Waals surface area contributed by atoms with Crippen molar-refractivity contribution < 1.29 is 19.0 Å². The van der Waals surface area contributed by atoms with E-state index in [4.69, 9.17) is 14.2 Å². The number of anilines is 1. The van der Waals surface area contributed by atoms with Crippen LogP contribution in [0.15, 0.2) is 48.5 Å². The van der Waals surface area contributed by atoms with Gasteiger partial charge in [0, 0.05) is 38.3 Å². The number of carbonyl (C=O) groups is 1. The number of rotatable bonds is 9. The van der Waals surface area contributed by atoms with E-state index in [-0.39, 0.29) is 5.91 Å². The number of hydrogen-bond acceptors (Lipinski definition) is 5. The molecular formula is C23H30N2O4. The Kier molecular flexibility index (Phi) is 7.61. The normalized spacial score (nSPS) is 13.9. The van der Waals surface area contributed by atoms with Gasteiger partial charge in [-0.1, -0.05) is 12.1 Å². The van der Waals surface area contributed by atoms with Crippen LogP contribution in [-0.2, 0) is 4.79 Å². The van der Waals surface area contributed by atoms with Crippen LogP contribution >= 0.6 is 0 Å². The number of amides is 1. The molecule has 1 saturated heterocycles. The molecule has 0 aliphatic carbocycles. The van der Waals surface area contributed by atoms with Crippen molar-refractivity contribution in [3.05, 3.63) is 48.5 Å². The summed E-state index contributed by atoms with van der Waals surface area (Å²) in [5.74, 6) is 2.53. The molecule has 0 spiro atoms. The first-order chi connectivity index (χ1) is 14.2. The molecule has 1 aliphatic heterocycles. The van der Waals surface area contributed by atoms with Gasteiger partial charge in [0.25, 0.3) is 0 Å². The van der Waals surface area contributed by atoms with Gasteiger partial charge in [-0.05, 0) is 49.7 Å². The number of benzene rings is 2. The maximum Gasteiger partial charge on any atom is 0.222 e. The Morgan fingerprint density at radius 3 is 2.21 bits per heavy atom. The fourth-order valence-electron chi connectivity index (χ4n) is 3.41. The molecule has 0 unspecified atom stereocenters. The van der Waals surface area contributed by atoms with Gasteiger partial charge in [-0.2, -0.15) is 0 Å². The van der Waals surface area contributed by atoms with E-state index in [1.165, 1.54) is 5.69 Å². The monoisotopic (exact) mass is 398 g/mol. The third-order valence-corrected chi connectivity index (χ3v) is 5.01. The average Bonchev–Trinajstić information content (AvgIpc) is 2.78. The second-order valence-electron chi connectivity index (χ2n) is 6.90. The molecule has 156 valence electrons. The molecule has 0 bridgehead atoms. The maximum absolute atomic E-state index is 12.5. The Morgan fingerprint density at radius 2 is 1.59 bits per heavy atom. The van der Waals surface area contributed by atoms with Gasteiger partial charge in [0.15, 0.2) is 11.5 Å². The number of piperazine rings is 1. The van der Waals surface area contributed by atoms with E-state index >= 15 is 0 Å². The number of para-hydroxylation sites is 2. The van der Waals surface area contributed by atoms with Crippen molar-refractivity contribution in [2.75, 3.05) is 51.4 Å². The van der Waals surface area contributed by atoms with Crippen LogP contribution in [0.25, 0.3) is 0 Å². The van der Waals surface area contributed by atoms with Gasteiger partial charge < -0.3 is 24.0 Å². The topological polar surface area (TPSA) is 51.2 Å². The smallest absolute Gasteiger partial charge is 0.222 e. The van der Waals surface area contributed by atoms with Crippen molar-refractivity contribution >= 4 is 11.6 Å². The molecule has 1 aliphatic rings. The van der Waals surface area contributed by atoms with E-state index in [2.05, 4.69) is 17.0 Å². The Morgan fingerprint density at radius 1 is 0.931 bits per heavy atom. The zero-order valence-corrected chi connectivity index (χ0v) is 17.3. The van der Waals surface area contributed by atoms with Crippen LogP contribution in [0, 0.1) is 0 Å². The zero-order valence-electron chi connectivity index (χ0n) is 17.3. The minimum Gasteiger partial charge on any atom is -0.497 e. The van der Waals surface area contributed by atoms with Crippen LogP contribution in [0.5, 0.6) is 17.2 Å². The van der Waals surface area contributed by atoms with E-state index < -0.39 is 0 Å². The molecule has 0 saturated carbocycles. The summed E-state index contributed by atoms with van der Waals surface area (Å²) in [4.78, 5) is 16.8. The third-order valence-electron chi connectivity index (χ3n) is 5.01. The van der Waals surface area contributed by atoms with Crippen LogP contribution in [0.1, 0.15) is 19.8 Å². The number of methoxy groups -OCH3 is 1. The summed E-state index contributed by atoms with van der Waals surface area (Å²) in [6.45, 7) is 6.23. The minimum absolute atomic E-state index is 0.195. The number of hydrogen-bond donors (Lipinski definition) is 0. The summed E-state index contributed by atoms with van der Waals surface area (Å²) in [6.07, 6.45) is 1.19. The molecule has 6 heteroatoms. The molecular weight excluding hydrogens is 368 g/mol. The van der Waals surface area contributed by atoms with Gasteiger partial charge in [0.2, 0.25) is 5.91 Å².